The second-order valence-electron chi connectivity index (χ2n) is 5.06. The van der Waals surface area contributed by atoms with Crippen LogP contribution in [0.3, 0.4) is 0 Å². The molecular weight excluding hydrogens is 268 g/mol. The number of hydrogen-bond donors (Lipinski definition) is 0. The van der Waals surface area contributed by atoms with Crippen LogP contribution in [0.15, 0.2) is 47.4 Å². The van der Waals surface area contributed by atoms with Gasteiger partial charge in [-0.25, -0.2) is 0 Å². The summed E-state index contributed by atoms with van der Waals surface area (Å²) in [6.07, 6.45) is 0.755. The number of aryl methyl sites for hydroxylation is 2. The van der Waals surface area contributed by atoms with Gasteiger partial charge in [0.1, 0.15) is 11.0 Å². The van der Waals surface area contributed by atoms with Gasteiger partial charge in [-0.05, 0) is 43.0 Å². The minimum Gasteiger partial charge on any atom is -0.425 e. The first-order valence-electron chi connectivity index (χ1n) is 6.67. The Balaban J connectivity index is 1.76. The fraction of sp³-hybridized carbons (Fsp3) is 0.235. The van der Waals surface area contributed by atoms with Gasteiger partial charge in [-0.3, -0.25) is 4.79 Å². The van der Waals surface area contributed by atoms with E-state index in [1.807, 2.05) is 44.2 Å². The molecule has 0 saturated carbocycles. The Morgan fingerprint density at radius 1 is 1.10 bits per heavy atom. The van der Waals surface area contributed by atoms with Crippen LogP contribution >= 0.6 is 11.8 Å². The van der Waals surface area contributed by atoms with Crippen LogP contribution in [0.5, 0.6) is 5.75 Å². The zero-order chi connectivity index (χ0) is 14.1. The van der Waals surface area contributed by atoms with Crippen molar-refractivity contribution in [3.05, 3.63) is 59.2 Å². The van der Waals surface area contributed by atoms with E-state index in [1.54, 1.807) is 11.8 Å². The van der Waals surface area contributed by atoms with Crippen molar-refractivity contribution in [3.8, 4) is 5.75 Å². The van der Waals surface area contributed by atoms with E-state index in [0.29, 0.717) is 5.75 Å². The predicted octanol–water partition coefficient (Wildman–Crippen LogP) is 3.93. The van der Waals surface area contributed by atoms with Crippen LogP contribution in [-0.4, -0.2) is 11.2 Å². The number of thioether (sulfide) groups is 1. The van der Waals surface area contributed by atoms with Gasteiger partial charge in [-0.15, -0.1) is 11.8 Å². The number of rotatable bonds is 2. The summed E-state index contributed by atoms with van der Waals surface area (Å²) in [5.74, 6) is 0.553. The highest BCUT2D eigenvalue weighted by Crippen LogP contribution is 2.37. The van der Waals surface area contributed by atoms with E-state index in [1.165, 1.54) is 10.5 Å². The third-order valence-corrected chi connectivity index (χ3v) is 4.82. The van der Waals surface area contributed by atoms with Crippen LogP contribution in [0.25, 0.3) is 0 Å². The van der Waals surface area contributed by atoms with Gasteiger partial charge >= 0.3 is 5.97 Å². The lowest BCUT2D eigenvalue weighted by Gasteiger charge is -2.13. The Morgan fingerprint density at radius 3 is 2.50 bits per heavy atom. The van der Waals surface area contributed by atoms with Crippen LogP contribution in [0.2, 0.25) is 0 Å². The Morgan fingerprint density at radius 2 is 1.80 bits per heavy atom. The maximum atomic E-state index is 12.3. The van der Waals surface area contributed by atoms with Gasteiger partial charge in [0.2, 0.25) is 0 Å². The molecule has 1 unspecified atom stereocenters. The molecule has 3 heteroatoms. The van der Waals surface area contributed by atoms with Crippen molar-refractivity contribution in [1.29, 1.82) is 0 Å². The van der Waals surface area contributed by atoms with Gasteiger partial charge < -0.3 is 4.74 Å². The first-order chi connectivity index (χ1) is 9.65. The number of carbonyl (C=O) groups excluding carboxylic acids is 1. The molecule has 2 aromatic carbocycles. The Kier molecular flexibility index (Phi) is 3.53. The number of esters is 1. The van der Waals surface area contributed by atoms with Crippen LogP contribution < -0.4 is 4.74 Å². The number of carbonyl (C=O) groups is 1. The Hall–Kier alpha value is -1.74. The summed E-state index contributed by atoms with van der Waals surface area (Å²) in [6, 6.07) is 14.1. The maximum Gasteiger partial charge on any atom is 0.325 e. The number of benzene rings is 2. The highest BCUT2D eigenvalue weighted by atomic mass is 32.2. The molecule has 0 aromatic heterocycles. The van der Waals surface area contributed by atoms with Gasteiger partial charge in [0, 0.05) is 4.90 Å². The summed E-state index contributed by atoms with van der Waals surface area (Å²) >= 11 is 1.60. The van der Waals surface area contributed by atoms with Gasteiger partial charge in [0.25, 0.3) is 0 Å². The van der Waals surface area contributed by atoms with Gasteiger partial charge in [0.05, 0.1) is 0 Å². The van der Waals surface area contributed by atoms with E-state index in [9.17, 15) is 4.79 Å². The van der Waals surface area contributed by atoms with Crippen molar-refractivity contribution in [2.75, 3.05) is 0 Å². The highest BCUT2D eigenvalue weighted by Gasteiger charge is 2.30. The quantitative estimate of drug-likeness (QED) is 0.617. The maximum absolute atomic E-state index is 12.3. The van der Waals surface area contributed by atoms with Crippen molar-refractivity contribution < 1.29 is 9.53 Å². The topological polar surface area (TPSA) is 26.3 Å². The second-order valence-corrected chi connectivity index (χ2v) is 6.30. The second kappa shape index (κ2) is 5.33. The molecule has 0 bridgehead atoms. The number of fused-ring (bicyclic) bond motifs is 1. The normalized spacial score (nSPS) is 16.8. The van der Waals surface area contributed by atoms with Gasteiger partial charge in [-0.1, -0.05) is 36.4 Å². The van der Waals surface area contributed by atoms with Crippen molar-refractivity contribution in [1.82, 2.24) is 0 Å². The lowest BCUT2D eigenvalue weighted by Crippen LogP contribution is -2.23. The van der Waals surface area contributed by atoms with E-state index in [0.717, 1.165) is 17.5 Å². The summed E-state index contributed by atoms with van der Waals surface area (Å²) < 4.78 is 5.63. The average Bonchev–Trinajstić information content (AvgIpc) is 2.87. The molecule has 1 aliphatic rings. The fourth-order valence-electron chi connectivity index (χ4n) is 2.44. The van der Waals surface area contributed by atoms with E-state index in [4.69, 9.17) is 4.74 Å². The lowest BCUT2D eigenvalue weighted by atomic mass is 10.1. The Bertz CT molecular complexity index is 619. The van der Waals surface area contributed by atoms with Crippen LogP contribution in [0, 0.1) is 13.8 Å². The molecule has 0 saturated heterocycles. The monoisotopic (exact) mass is 284 g/mol. The minimum atomic E-state index is -0.149. The Labute approximate surface area is 123 Å². The summed E-state index contributed by atoms with van der Waals surface area (Å²) in [5.41, 5.74) is 3.23. The van der Waals surface area contributed by atoms with Crippen LogP contribution in [0.1, 0.15) is 16.7 Å². The fourth-order valence-corrected chi connectivity index (χ4v) is 3.61. The predicted molar refractivity (Wildman–Crippen MR) is 81.3 cm³/mol. The molecule has 0 radical (unpaired) electrons. The number of para-hydroxylation sites is 1. The van der Waals surface area contributed by atoms with Crippen molar-refractivity contribution in [3.63, 3.8) is 0 Å². The van der Waals surface area contributed by atoms with E-state index < -0.39 is 0 Å². The van der Waals surface area contributed by atoms with Crippen LogP contribution in [0.4, 0.5) is 0 Å². The average molecular weight is 284 g/mol. The van der Waals surface area contributed by atoms with E-state index in [-0.39, 0.29) is 11.2 Å². The molecule has 0 aliphatic carbocycles. The van der Waals surface area contributed by atoms with Crippen molar-refractivity contribution >= 4 is 17.7 Å². The first kappa shape index (κ1) is 13.3. The smallest absolute Gasteiger partial charge is 0.325 e. The molecule has 3 rings (SSSR count). The van der Waals surface area contributed by atoms with Gasteiger partial charge in [0.15, 0.2) is 0 Å². The zero-order valence-corrected chi connectivity index (χ0v) is 12.4. The summed E-state index contributed by atoms with van der Waals surface area (Å²) in [7, 11) is 0. The molecular formula is C17H16O2S. The minimum absolute atomic E-state index is 0.133. The SMILES string of the molecule is Cc1cccc(C)c1OC(=O)C1Cc2ccccc2S1. The summed E-state index contributed by atoms with van der Waals surface area (Å²) in [5, 5.41) is -0.133. The summed E-state index contributed by atoms with van der Waals surface area (Å²) in [4.78, 5) is 13.5. The molecule has 2 nitrogen and oxygen atoms in total. The van der Waals surface area contributed by atoms with Crippen molar-refractivity contribution in [2.24, 2.45) is 0 Å². The zero-order valence-electron chi connectivity index (χ0n) is 11.6. The van der Waals surface area contributed by atoms with E-state index >= 15 is 0 Å². The molecule has 1 atom stereocenters. The standard InChI is InChI=1S/C17H16O2S/c1-11-6-5-7-12(2)16(11)19-17(18)15-10-13-8-3-4-9-14(13)20-15/h3-9,15H,10H2,1-2H3. The molecule has 0 N–H and O–H groups in total. The number of ether oxygens (including phenoxy) is 1. The van der Waals surface area contributed by atoms with Crippen LogP contribution in [-0.2, 0) is 11.2 Å². The molecule has 102 valence electrons. The highest BCUT2D eigenvalue weighted by molar-refractivity contribution is 8.01. The lowest BCUT2D eigenvalue weighted by molar-refractivity contribution is -0.133. The molecule has 0 fully saturated rings. The van der Waals surface area contributed by atoms with Crippen molar-refractivity contribution in [2.45, 2.75) is 30.4 Å². The summed E-state index contributed by atoms with van der Waals surface area (Å²) in [6.45, 7) is 3.93. The molecule has 0 spiro atoms. The number of hydrogen-bond acceptors (Lipinski definition) is 3. The molecule has 20 heavy (non-hydrogen) atoms. The first-order valence-corrected chi connectivity index (χ1v) is 7.55. The van der Waals surface area contributed by atoms with E-state index in [2.05, 4.69) is 12.1 Å². The largest absolute Gasteiger partial charge is 0.425 e. The van der Waals surface area contributed by atoms with Gasteiger partial charge in [-0.2, -0.15) is 0 Å². The molecule has 0 amide bonds. The third kappa shape index (κ3) is 2.46. The third-order valence-electron chi connectivity index (χ3n) is 3.52. The molecule has 1 aliphatic heterocycles. The molecule has 2 aromatic rings. The molecule has 1 heterocycles.